The standard InChI is InChI=1S/C34H26N4O4/c39-38(40)29-17-14-27(15-18-29)30-22-31(37(36-30)34-13-7-8-20-35-34)28-16-19-32(41-23-25-9-3-1-4-10-25)33(21-28)42-24-26-11-5-2-6-12-26/h1-22H,23-24H2. The van der Waals surface area contributed by atoms with Gasteiger partial charge >= 0.3 is 0 Å². The Balaban J connectivity index is 1.39. The molecular weight excluding hydrogens is 528 g/mol. The number of benzene rings is 4. The van der Waals surface area contributed by atoms with Gasteiger partial charge in [0.1, 0.15) is 13.2 Å². The van der Waals surface area contributed by atoms with Crippen molar-refractivity contribution in [2.24, 2.45) is 0 Å². The van der Waals surface area contributed by atoms with Crippen LogP contribution in [0, 0.1) is 10.1 Å². The van der Waals surface area contributed by atoms with Crippen molar-refractivity contribution in [3.63, 3.8) is 0 Å². The average Bonchev–Trinajstić information content (AvgIpc) is 3.50. The molecule has 8 heteroatoms. The van der Waals surface area contributed by atoms with E-state index >= 15 is 0 Å². The molecule has 0 fully saturated rings. The van der Waals surface area contributed by atoms with Gasteiger partial charge in [0.05, 0.1) is 16.3 Å². The quantitative estimate of drug-likeness (QED) is 0.127. The van der Waals surface area contributed by atoms with Gasteiger partial charge in [-0.1, -0.05) is 66.7 Å². The molecule has 0 amide bonds. The summed E-state index contributed by atoms with van der Waals surface area (Å²) in [5.41, 5.74) is 5.14. The van der Waals surface area contributed by atoms with E-state index in [4.69, 9.17) is 14.6 Å². The fourth-order valence-electron chi connectivity index (χ4n) is 4.51. The highest BCUT2D eigenvalue weighted by Crippen LogP contribution is 2.36. The average molecular weight is 555 g/mol. The third-order valence-electron chi connectivity index (χ3n) is 6.66. The van der Waals surface area contributed by atoms with E-state index in [2.05, 4.69) is 4.98 Å². The van der Waals surface area contributed by atoms with E-state index in [0.717, 1.165) is 27.9 Å². The first-order valence-corrected chi connectivity index (χ1v) is 13.4. The monoisotopic (exact) mass is 554 g/mol. The van der Waals surface area contributed by atoms with Crippen molar-refractivity contribution in [1.82, 2.24) is 14.8 Å². The van der Waals surface area contributed by atoms with Gasteiger partial charge in [0.15, 0.2) is 17.3 Å². The molecule has 0 N–H and O–H groups in total. The lowest BCUT2D eigenvalue weighted by atomic mass is 10.1. The Kier molecular flexibility index (Phi) is 7.67. The van der Waals surface area contributed by atoms with Crippen LogP contribution in [0.25, 0.3) is 28.3 Å². The first-order chi connectivity index (χ1) is 20.6. The number of nitrogens with zero attached hydrogens (tertiary/aromatic N) is 4. The van der Waals surface area contributed by atoms with Crippen molar-refractivity contribution in [2.75, 3.05) is 0 Å². The summed E-state index contributed by atoms with van der Waals surface area (Å²) in [6.45, 7) is 0.775. The summed E-state index contributed by atoms with van der Waals surface area (Å²) in [6.07, 6.45) is 1.71. The highest BCUT2D eigenvalue weighted by atomic mass is 16.6. The van der Waals surface area contributed by atoms with Crippen LogP contribution in [0.3, 0.4) is 0 Å². The van der Waals surface area contributed by atoms with E-state index < -0.39 is 4.92 Å². The molecule has 206 valence electrons. The maximum absolute atomic E-state index is 11.2. The minimum Gasteiger partial charge on any atom is -0.485 e. The number of non-ortho nitro benzene ring substituents is 1. The number of pyridine rings is 1. The lowest BCUT2D eigenvalue weighted by molar-refractivity contribution is -0.384. The molecule has 0 saturated heterocycles. The number of nitro benzene ring substituents is 1. The summed E-state index contributed by atoms with van der Waals surface area (Å²) in [4.78, 5) is 15.3. The van der Waals surface area contributed by atoms with Crippen molar-refractivity contribution >= 4 is 5.69 Å². The molecule has 2 heterocycles. The molecule has 0 aliphatic carbocycles. The third-order valence-corrected chi connectivity index (χ3v) is 6.66. The lowest BCUT2D eigenvalue weighted by Crippen LogP contribution is -2.03. The van der Waals surface area contributed by atoms with E-state index in [1.54, 1.807) is 23.0 Å². The zero-order chi connectivity index (χ0) is 28.7. The molecule has 4 aromatic carbocycles. The molecule has 6 aromatic rings. The molecule has 0 unspecified atom stereocenters. The Morgan fingerprint density at radius 3 is 1.90 bits per heavy atom. The molecule has 0 bridgehead atoms. The van der Waals surface area contributed by atoms with Gasteiger partial charge < -0.3 is 9.47 Å². The van der Waals surface area contributed by atoms with Gasteiger partial charge in [0, 0.05) is 29.5 Å². The van der Waals surface area contributed by atoms with E-state index in [9.17, 15) is 10.1 Å². The van der Waals surface area contributed by atoms with Gasteiger partial charge in [0.25, 0.3) is 5.69 Å². The maximum Gasteiger partial charge on any atom is 0.269 e. The number of hydrogen-bond acceptors (Lipinski definition) is 6. The predicted molar refractivity (Wildman–Crippen MR) is 160 cm³/mol. The van der Waals surface area contributed by atoms with Crippen LogP contribution in [0.2, 0.25) is 0 Å². The molecule has 0 radical (unpaired) electrons. The molecule has 0 spiro atoms. The van der Waals surface area contributed by atoms with E-state index in [1.165, 1.54) is 12.1 Å². The van der Waals surface area contributed by atoms with Crippen molar-refractivity contribution < 1.29 is 14.4 Å². The summed E-state index contributed by atoms with van der Waals surface area (Å²) >= 11 is 0. The Bertz CT molecular complexity index is 1790. The van der Waals surface area contributed by atoms with E-state index in [-0.39, 0.29) is 5.69 Å². The van der Waals surface area contributed by atoms with Gasteiger partial charge in [-0.3, -0.25) is 10.1 Å². The predicted octanol–water partition coefficient (Wildman–Crippen LogP) is 7.67. The minimum atomic E-state index is -0.417. The second-order valence-corrected chi connectivity index (χ2v) is 9.53. The first kappa shape index (κ1) is 26.5. The molecule has 8 nitrogen and oxygen atoms in total. The van der Waals surface area contributed by atoms with Gasteiger partial charge in [-0.15, -0.1) is 0 Å². The summed E-state index contributed by atoms with van der Waals surface area (Å²) in [7, 11) is 0. The highest BCUT2D eigenvalue weighted by Gasteiger charge is 2.17. The van der Waals surface area contributed by atoms with Gasteiger partial charge in [-0.05, 0) is 59.7 Å². The summed E-state index contributed by atoms with van der Waals surface area (Å²) in [6, 6.07) is 39.6. The molecule has 2 aromatic heterocycles. The second kappa shape index (κ2) is 12.2. The van der Waals surface area contributed by atoms with Crippen LogP contribution < -0.4 is 9.47 Å². The highest BCUT2D eigenvalue weighted by molar-refractivity contribution is 5.72. The SMILES string of the molecule is O=[N+]([O-])c1ccc(-c2cc(-c3ccc(OCc4ccccc4)c(OCc4ccccc4)c3)n(-c3ccccn3)n2)cc1. The minimum absolute atomic E-state index is 0.0226. The number of rotatable bonds is 10. The Morgan fingerprint density at radius 1 is 0.667 bits per heavy atom. The Morgan fingerprint density at radius 2 is 1.29 bits per heavy atom. The third kappa shape index (κ3) is 6.03. The first-order valence-electron chi connectivity index (χ1n) is 13.4. The topological polar surface area (TPSA) is 92.3 Å². The van der Waals surface area contributed by atoms with Crippen molar-refractivity contribution in [3.05, 3.63) is 155 Å². The molecule has 0 atom stereocenters. The van der Waals surface area contributed by atoms with Crippen LogP contribution in [0.4, 0.5) is 5.69 Å². The molecule has 6 rings (SSSR count). The van der Waals surface area contributed by atoms with E-state index in [1.807, 2.05) is 103 Å². The van der Waals surface area contributed by atoms with Crippen LogP contribution in [0.1, 0.15) is 11.1 Å². The largest absolute Gasteiger partial charge is 0.485 e. The molecule has 0 saturated carbocycles. The van der Waals surface area contributed by atoms with Gasteiger partial charge in [0.2, 0.25) is 0 Å². The van der Waals surface area contributed by atoms with Crippen LogP contribution in [0.5, 0.6) is 11.5 Å². The van der Waals surface area contributed by atoms with Crippen molar-refractivity contribution in [2.45, 2.75) is 13.2 Å². The van der Waals surface area contributed by atoms with Crippen LogP contribution in [-0.4, -0.2) is 19.7 Å². The molecule has 42 heavy (non-hydrogen) atoms. The number of ether oxygens (including phenoxy) is 2. The zero-order valence-electron chi connectivity index (χ0n) is 22.5. The summed E-state index contributed by atoms with van der Waals surface area (Å²) in [5, 5.41) is 16.0. The van der Waals surface area contributed by atoms with Gasteiger partial charge in [-0.2, -0.15) is 5.10 Å². The Hall–Kier alpha value is -5.76. The zero-order valence-corrected chi connectivity index (χ0v) is 22.5. The van der Waals surface area contributed by atoms with Crippen LogP contribution in [-0.2, 0) is 13.2 Å². The van der Waals surface area contributed by atoms with Crippen LogP contribution >= 0.6 is 0 Å². The lowest BCUT2D eigenvalue weighted by Gasteiger charge is -2.15. The summed E-state index contributed by atoms with van der Waals surface area (Å²) < 4.78 is 14.3. The fourth-order valence-corrected chi connectivity index (χ4v) is 4.51. The van der Waals surface area contributed by atoms with Crippen molar-refractivity contribution in [1.29, 1.82) is 0 Å². The normalized spacial score (nSPS) is 10.8. The van der Waals surface area contributed by atoms with E-state index in [0.29, 0.717) is 36.2 Å². The summed E-state index contributed by atoms with van der Waals surface area (Å²) in [5.74, 6) is 1.85. The number of hydrogen-bond donors (Lipinski definition) is 0. The maximum atomic E-state index is 11.2. The van der Waals surface area contributed by atoms with Crippen molar-refractivity contribution in [3.8, 4) is 39.8 Å². The smallest absolute Gasteiger partial charge is 0.269 e. The molecule has 0 aliphatic heterocycles. The van der Waals surface area contributed by atoms with Crippen LogP contribution in [0.15, 0.2) is 134 Å². The molecular formula is C34H26N4O4. The fraction of sp³-hybridized carbons (Fsp3) is 0.0588. The second-order valence-electron chi connectivity index (χ2n) is 9.53. The molecule has 0 aliphatic rings. The van der Waals surface area contributed by atoms with Gasteiger partial charge in [-0.25, -0.2) is 9.67 Å². The number of aromatic nitrogens is 3. The number of nitro groups is 1. The Labute approximate surface area is 242 Å².